The number of ether oxygens (including phenoxy) is 1. The summed E-state index contributed by atoms with van der Waals surface area (Å²) in [5.74, 6) is 0. The van der Waals surface area contributed by atoms with E-state index in [-0.39, 0.29) is 19.8 Å². The van der Waals surface area contributed by atoms with Crippen LogP contribution in [0.5, 0.6) is 0 Å². The third kappa shape index (κ3) is 3.41. The van der Waals surface area contributed by atoms with E-state index in [1.165, 1.54) is 0 Å². The molecule has 0 amide bonds. The smallest absolute Gasteiger partial charge is 0.348 e. The van der Waals surface area contributed by atoms with Gasteiger partial charge in [0.15, 0.2) is 6.23 Å². The predicted octanol–water partition coefficient (Wildman–Crippen LogP) is -2.40. The molecule has 11 nitrogen and oxygen atoms in total. The number of hydrogen-bond donors (Lipinski definition) is 4. The quantitative estimate of drug-likeness (QED) is 0.352. The Hall–Kier alpha value is -1.46. The number of aliphatic hydroxyl groups is 2. The summed E-state index contributed by atoms with van der Waals surface area (Å²) in [6.45, 7) is -0.361. The van der Waals surface area contributed by atoms with Gasteiger partial charge in [-0.3, -0.25) is 14.3 Å². The number of H-pyrrole nitrogens is 1. The largest absolute Gasteiger partial charge is 0.511 e. The van der Waals surface area contributed by atoms with Gasteiger partial charge in [0.2, 0.25) is 0 Å². The molecule has 1 saturated heterocycles. The van der Waals surface area contributed by atoms with Crippen LogP contribution < -0.4 is 16.8 Å². The highest BCUT2D eigenvalue weighted by atomic mass is 31.1. The minimum absolute atomic E-state index is 0.0575. The van der Waals surface area contributed by atoms with Gasteiger partial charge in [-0.25, -0.2) is 10.3 Å². The summed E-state index contributed by atoms with van der Waals surface area (Å²) in [5, 5.41) is 30.6. The van der Waals surface area contributed by atoms with Crippen molar-refractivity contribution in [3.8, 4) is 0 Å². The van der Waals surface area contributed by atoms with Crippen LogP contribution in [0.3, 0.4) is 0 Å². The Morgan fingerprint density at radius 3 is 2.86 bits per heavy atom. The standard InChI is InChI=1S/C9H13N4O7P/c10-21-13(18)19-3-4-6(15)7(16)8(20-4)12-2-1-5(14)11-9(12)17/h1-2,4,6-8,15-16H,3,10H2,(H,11,14,17)/t4-,6-,7-,8-/m1/s1. The Labute approximate surface area is 118 Å². The van der Waals surface area contributed by atoms with E-state index in [4.69, 9.17) is 10.2 Å². The molecule has 0 spiro atoms. The summed E-state index contributed by atoms with van der Waals surface area (Å²) in [6, 6.07) is 1.07. The third-order valence-corrected chi connectivity index (χ3v) is 3.21. The second-order valence-electron chi connectivity index (χ2n) is 4.21. The molecule has 0 saturated carbocycles. The maximum atomic E-state index is 11.6. The summed E-state index contributed by atoms with van der Waals surface area (Å²) in [5.41, 5.74) is 3.60. The average molecular weight is 320 g/mol. The van der Waals surface area contributed by atoms with Crippen LogP contribution in [-0.4, -0.2) is 49.3 Å². The molecule has 2 heterocycles. The molecule has 0 aromatic carbocycles. The summed E-state index contributed by atoms with van der Waals surface area (Å²) in [7, 11) is -0.182. The molecule has 0 aliphatic carbocycles. The molecule has 4 atom stereocenters. The van der Waals surface area contributed by atoms with Crippen LogP contribution in [0.25, 0.3) is 0 Å². The highest BCUT2D eigenvalue weighted by Crippen LogP contribution is 2.28. The fourth-order valence-corrected chi connectivity index (χ4v) is 2.03. The zero-order valence-electron chi connectivity index (χ0n) is 10.5. The van der Waals surface area contributed by atoms with E-state index in [1.54, 1.807) is 0 Å². The first-order valence-corrected chi connectivity index (χ1v) is 6.69. The van der Waals surface area contributed by atoms with E-state index < -0.39 is 35.8 Å². The topological polar surface area (TPSA) is 166 Å². The van der Waals surface area contributed by atoms with Crippen LogP contribution in [-0.2, 0) is 9.57 Å². The van der Waals surface area contributed by atoms with Crippen LogP contribution in [0, 0.1) is 5.21 Å². The lowest BCUT2D eigenvalue weighted by Gasteiger charge is -2.16. The lowest BCUT2D eigenvalue weighted by atomic mass is 10.1. The number of hydrogen-bond acceptors (Lipinski definition) is 7. The van der Waals surface area contributed by atoms with Crippen molar-refractivity contribution in [1.29, 1.82) is 0 Å². The van der Waals surface area contributed by atoms with E-state index in [2.05, 4.69) is 4.84 Å². The molecule has 1 aromatic rings. The Balaban J connectivity index is 2.16. The van der Waals surface area contributed by atoms with Crippen LogP contribution in [0.4, 0.5) is 0 Å². The third-order valence-electron chi connectivity index (χ3n) is 2.91. The van der Waals surface area contributed by atoms with E-state index in [9.17, 15) is 25.0 Å². The lowest BCUT2D eigenvalue weighted by Crippen LogP contribution is -2.37. The van der Waals surface area contributed by atoms with Crippen molar-refractivity contribution < 1.29 is 24.4 Å². The highest BCUT2D eigenvalue weighted by molar-refractivity contribution is 7.20. The van der Waals surface area contributed by atoms with E-state index >= 15 is 0 Å². The van der Waals surface area contributed by atoms with Gasteiger partial charge in [-0.2, -0.15) is 0 Å². The molecule has 2 rings (SSSR count). The SMILES string of the molecule is NP=[N+]([O-])OC[C@H]1O[C@@H](n2ccc(=O)[nH]c2=O)[C@H](O)[C@@H]1O. The van der Waals surface area contributed by atoms with Gasteiger partial charge in [-0.1, -0.05) is 0 Å². The van der Waals surface area contributed by atoms with Crippen molar-refractivity contribution in [3.05, 3.63) is 38.3 Å². The van der Waals surface area contributed by atoms with Gasteiger partial charge in [-0.05, 0) is 4.65 Å². The van der Waals surface area contributed by atoms with Crippen molar-refractivity contribution in [2.75, 3.05) is 6.61 Å². The zero-order valence-corrected chi connectivity index (χ0v) is 11.4. The van der Waals surface area contributed by atoms with Gasteiger partial charge >= 0.3 is 14.2 Å². The van der Waals surface area contributed by atoms with E-state index in [0.717, 1.165) is 16.8 Å². The molecule has 1 aromatic heterocycles. The van der Waals surface area contributed by atoms with Crippen LogP contribution >= 0.6 is 8.52 Å². The minimum Gasteiger partial charge on any atom is -0.511 e. The molecule has 0 bridgehead atoms. The number of nitrogens with zero attached hydrogens (tertiary/aromatic N) is 2. The number of aliphatic hydroxyl groups excluding tert-OH is 2. The molecule has 0 radical (unpaired) electrons. The molecule has 5 N–H and O–H groups in total. The van der Waals surface area contributed by atoms with Crippen molar-refractivity contribution >= 4 is 8.52 Å². The average Bonchev–Trinajstić information content (AvgIpc) is 2.73. The minimum atomic E-state index is -1.43. The summed E-state index contributed by atoms with van der Waals surface area (Å²) >= 11 is 0. The Kier molecular flexibility index (Phi) is 4.96. The normalized spacial score (nSPS) is 29.8. The first kappa shape index (κ1) is 15.9. The van der Waals surface area contributed by atoms with Crippen LogP contribution in [0.15, 0.2) is 21.9 Å². The molecule has 1 fully saturated rings. The summed E-state index contributed by atoms with van der Waals surface area (Å²) in [6.07, 6.45) is -3.94. The molecule has 0 unspecified atom stereocenters. The fourth-order valence-electron chi connectivity index (χ4n) is 1.89. The molecule has 12 heteroatoms. The predicted molar refractivity (Wildman–Crippen MR) is 67.9 cm³/mol. The zero-order chi connectivity index (χ0) is 15.6. The maximum absolute atomic E-state index is 11.6. The Morgan fingerprint density at radius 1 is 1.52 bits per heavy atom. The van der Waals surface area contributed by atoms with Crippen molar-refractivity contribution in [2.45, 2.75) is 24.5 Å². The van der Waals surface area contributed by atoms with Crippen molar-refractivity contribution in [2.24, 2.45) is 5.50 Å². The first-order valence-electron chi connectivity index (χ1n) is 5.78. The van der Waals surface area contributed by atoms with Gasteiger partial charge in [0.05, 0.1) is 0 Å². The molecule has 21 heavy (non-hydrogen) atoms. The van der Waals surface area contributed by atoms with Crippen LogP contribution in [0.1, 0.15) is 6.23 Å². The van der Waals surface area contributed by atoms with Gasteiger partial charge in [0.1, 0.15) is 24.9 Å². The molecular weight excluding hydrogens is 307 g/mol. The lowest BCUT2D eigenvalue weighted by molar-refractivity contribution is -0.725. The molecular formula is C9H13N4O7P. The first-order chi connectivity index (χ1) is 9.93. The van der Waals surface area contributed by atoms with Gasteiger partial charge < -0.3 is 20.2 Å². The Bertz CT molecular complexity index is 643. The van der Waals surface area contributed by atoms with Crippen molar-refractivity contribution in [1.82, 2.24) is 9.55 Å². The van der Waals surface area contributed by atoms with E-state index in [0.29, 0.717) is 0 Å². The summed E-state index contributed by atoms with van der Waals surface area (Å²) < 4.78 is 6.27. The number of rotatable bonds is 4. The molecule has 116 valence electrons. The number of aromatic amines is 1. The number of nitrogens with one attached hydrogen (secondary N) is 1. The maximum Gasteiger partial charge on any atom is 0.348 e. The van der Waals surface area contributed by atoms with Gasteiger partial charge in [0, 0.05) is 12.3 Å². The summed E-state index contributed by atoms with van der Waals surface area (Å²) in [4.78, 5) is 29.2. The second-order valence-corrected chi connectivity index (χ2v) is 4.77. The Morgan fingerprint density at radius 2 is 2.24 bits per heavy atom. The highest BCUT2D eigenvalue weighted by Gasteiger charge is 2.44. The molecule has 1 aliphatic rings. The van der Waals surface area contributed by atoms with Crippen molar-refractivity contribution in [3.63, 3.8) is 0 Å². The number of nitrogens with two attached hydrogens (primary N) is 1. The fraction of sp³-hybridized carbons (Fsp3) is 0.556. The number of aromatic nitrogens is 2. The molecule has 1 aliphatic heterocycles. The van der Waals surface area contributed by atoms with Gasteiger partial charge in [-0.15, -0.1) is 4.84 Å². The monoisotopic (exact) mass is 320 g/mol. The van der Waals surface area contributed by atoms with E-state index in [1.807, 2.05) is 4.98 Å². The van der Waals surface area contributed by atoms with Crippen LogP contribution in [0.2, 0.25) is 0 Å². The second kappa shape index (κ2) is 6.54. The van der Waals surface area contributed by atoms with Gasteiger partial charge in [0.25, 0.3) is 5.56 Å².